The molecule has 0 fully saturated rings. The van der Waals surface area contributed by atoms with Gasteiger partial charge < -0.3 is 15.2 Å². The minimum atomic E-state index is -0.882. The van der Waals surface area contributed by atoms with Crippen LogP contribution >= 0.6 is 23.2 Å². The van der Waals surface area contributed by atoms with E-state index in [-0.39, 0.29) is 24.3 Å². The molecule has 3 N–H and O–H groups in total. The SMILES string of the molecule is Cc1[nH]nc(OCC(=O)Nc2ccc(-c3ccc(CC(=O)O)cc3)cc2Cl)c1-c1ccc(C(C)(C)C)cc1Cl. The van der Waals surface area contributed by atoms with Gasteiger partial charge >= 0.3 is 5.97 Å². The van der Waals surface area contributed by atoms with Gasteiger partial charge in [-0.15, -0.1) is 5.10 Å². The Kier molecular flexibility index (Phi) is 8.33. The Labute approximate surface area is 237 Å². The fourth-order valence-electron chi connectivity index (χ4n) is 4.12. The largest absolute Gasteiger partial charge is 0.481 e. The summed E-state index contributed by atoms with van der Waals surface area (Å²) in [5, 5.41) is 19.8. The Hall–Kier alpha value is -3.81. The van der Waals surface area contributed by atoms with Crippen LogP contribution in [0.25, 0.3) is 22.3 Å². The molecular formula is C30H29Cl2N3O4. The number of rotatable bonds is 8. The topological polar surface area (TPSA) is 104 Å². The first-order chi connectivity index (χ1) is 18.4. The van der Waals surface area contributed by atoms with Crippen molar-refractivity contribution in [2.24, 2.45) is 0 Å². The molecule has 3 aromatic carbocycles. The molecule has 0 saturated carbocycles. The van der Waals surface area contributed by atoms with E-state index in [9.17, 15) is 9.59 Å². The lowest BCUT2D eigenvalue weighted by molar-refractivity contribution is -0.136. The minimum Gasteiger partial charge on any atom is -0.481 e. The second-order valence-corrected chi connectivity index (χ2v) is 11.1. The fourth-order valence-corrected chi connectivity index (χ4v) is 4.62. The number of H-pyrrole nitrogens is 1. The fraction of sp³-hybridized carbons (Fsp3) is 0.233. The van der Waals surface area contributed by atoms with Crippen molar-refractivity contribution >= 4 is 40.8 Å². The molecule has 4 aromatic rings. The van der Waals surface area contributed by atoms with Crippen molar-refractivity contribution in [2.75, 3.05) is 11.9 Å². The number of ether oxygens (including phenoxy) is 1. The predicted molar refractivity (Wildman–Crippen MR) is 155 cm³/mol. The summed E-state index contributed by atoms with van der Waals surface area (Å²) >= 11 is 13.1. The van der Waals surface area contributed by atoms with E-state index in [2.05, 4.69) is 36.3 Å². The van der Waals surface area contributed by atoms with Crippen molar-refractivity contribution in [3.8, 4) is 28.1 Å². The van der Waals surface area contributed by atoms with E-state index >= 15 is 0 Å². The average molecular weight is 566 g/mol. The number of aryl methyl sites for hydroxylation is 1. The number of benzene rings is 3. The average Bonchev–Trinajstić information content (AvgIpc) is 3.23. The van der Waals surface area contributed by atoms with E-state index in [0.29, 0.717) is 26.9 Å². The first kappa shape index (κ1) is 28.2. The van der Waals surface area contributed by atoms with Gasteiger partial charge in [0.05, 0.1) is 22.7 Å². The number of carboxylic acids is 1. The van der Waals surface area contributed by atoms with Crippen LogP contribution < -0.4 is 10.1 Å². The molecule has 0 aliphatic rings. The van der Waals surface area contributed by atoms with Crippen LogP contribution in [0.3, 0.4) is 0 Å². The molecule has 1 aromatic heterocycles. The highest BCUT2D eigenvalue weighted by Crippen LogP contribution is 2.38. The van der Waals surface area contributed by atoms with Gasteiger partial charge in [0.25, 0.3) is 5.91 Å². The van der Waals surface area contributed by atoms with Crippen molar-refractivity contribution in [1.29, 1.82) is 0 Å². The third-order valence-electron chi connectivity index (χ3n) is 6.24. The Balaban J connectivity index is 1.43. The van der Waals surface area contributed by atoms with Gasteiger partial charge in [0.15, 0.2) is 6.61 Å². The number of hydrogen-bond donors (Lipinski definition) is 3. The summed E-state index contributed by atoms with van der Waals surface area (Å²) in [6.45, 7) is 7.95. The number of nitrogens with one attached hydrogen (secondary N) is 2. The monoisotopic (exact) mass is 565 g/mol. The number of aromatic amines is 1. The van der Waals surface area contributed by atoms with E-state index in [4.69, 9.17) is 33.0 Å². The summed E-state index contributed by atoms with van der Waals surface area (Å²) in [6, 6.07) is 18.4. The van der Waals surface area contributed by atoms with Crippen LogP contribution in [0, 0.1) is 6.92 Å². The summed E-state index contributed by atoms with van der Waals surface area (Å²) in [5.74, 6) is -1.00. The van der Waals surface area contributed by atoms with Gasteiger partial charge in [-0.1, -0.05) is 86.4 Å². The quantitative estimate of drug-likeness (QED) is 0.208. The van der Waals surface area contributed by atoms with Crippen molar-refractivity contribution in [1.82, 2.24) is 10.2 Å². The molecule has 0 aliphatic carbocycles. The lowest BCUT2D eigenvalue weighted by Gasteiger charge is -2.20. The predicted octanol–water partition coefficient (Wildman–Crippen LogP) is 7.30. The number of aliphatic carboxylic acids is 1. The number of hydrogen-bond acceptors (Lipinski definition) is 4. The molecule has 9 heteroatoms. The van der Waals surface area contributed by atoms with Crippen LogP contribution in [-0.4, -0.2) is 33.8 Å². The number of anilines is 1. The first-order valence-electron chi connectivity index (χ1n) is 12.3. The Morgan fingerprint density at radius 2 is 1.67 bits per heavy atom. The van der Waals surface area contributed by atoms with Gasteiger partial charge in [0, 0.05) is 16.3 Å². The number of amides is 1. The van der Waals surface area contributed by atoms with Gasteiger partial charge in [-0.05, 0) is 52.8 Å². The number of aromatic nitrogens is 2. The van der Waals surface area contributed by atoms with Crippen molar-refractivity contribution in [3.63, 3.8) is 0 Å². The molecule has 0 bridgehead atoms. The van der Waals surface area contributed by atoms with Crippen molar-refractivity contribution < 1.29 is 19.4 Å². The zero-order valence-electron chi connectivity index (χ0n) is 22.1. The van der Waals surface area contributed by atoms with Crippen LogP contribution in [0.4, 0.5) is 5.69 Å². The third kappa shape index (κ3) is 6.80. The molecule has 0 atom stereocenters. The molecule has 4 rings (SSSR count). The number of carboxylic acid groups (broad SMARTS) is 1. The second-order valence-electron chi connectivity index (χ2n) is 10.3. The third-order valence-corrected chi connectivity index (χ3v) is 6.87. The number of carbonyl (C=O) groups is 2. The highest BCUT2D eigenvalue weighted by molar-refractivity contribution is 6.34. The van der Waals surface area contributed by atoms with Crippen LogP contribution in [0.1, 0.15) is 37.6 Å². The zero-order chi connectivity index (χ0) is 28.3. The summed E-state index contributed by atoms with van der Waals surface area (Å²) in [4.78, 5) is 23.6. The number of carbonyl (C=O) groups excluding carboxylic acids is 1. The number of nitrogens with zero attached hydrogens (tertiary/aromatic N) is 1. The molecule has 39 heavy (non-hydrogen) atoms. The van der Waals surface area contributed by atoms with Crippen molar-refractivity contribution in [2.45, 2.75) is 39.5 Å². The van der Waals surface area contributed by atoms with Crippen LogP contribution in [0.15, 0.2) is 60.7 Å². The molecular weight excluding hydrogens is 537 g/mol. The molecule has 1 heterocycles. The van der Waals surface area contributed by atoms with Crippen LogP contribution in [0.2, 0.25) is 10.0 Å². The maximum Gasteiger partial charge on any atom is 0.307 e. The summed E-state index contributed by atoms with van der Waals surface area (Å²) in [7, 11) is 0. The van der Waals surface area contributed by atoms with Crippen LogP contribution in [0.5, 0.6) is 5.88 Å². The Morgan fingerprint density at radius 3 is 2.28 bits per heavy atom. The lowest BCUT2D eigenvalue weighted by atomic mass is 9.86. The highest BCUT2D eigenvalue weighted by atomic mass is 35.5. The second kappa shape index (κ2) is 11.5. The Bertz CT molecular complexity index is 1520. The first-order valence-corrected chi connectivity index (χ1v) is 13.1. The van der Waals surface area contributed by atoms with Crippen LogP contribution in [-0.2, 0) is 21.4 Å². The standard InChI is InChI=1S/C30H29Cl2N3O4/c1-17-28(22-11-10-21(15-23(22)31)30(2,3)4)29(35-34-17)39-16-26(36)33-25-12-9-20(14-24(25)32)19-7-5-18(6-8-19)13-27(37)38/h5-12,14-15H,13,16H2,1-4H3,(H,33,36)(H,34,35)(H,37,38). The van der Waals surface area contributed by atoms with Gasteiger partial charge in [0.1, 0.15) is 0 Å². The molecule has 0 spiro atoms. The van der Waals surface area contributed by atoms with Gasteiger partial charge in [-0.3, -0.25) is 14.7 Å². The van der Waals surface area contributed by atoms with Crippen molar-refractivity contribution in [3.05, 3.63) is 87.5 Å². The van der Waals surface area contributed by atoms with E-state index in [1.165, 1.54) is 0 Å². The summed E-state index contributed by atoms with van der Waals surface area (Å²) in [5.41, 5.74) is 6.16. The normalized spacial score (nSPS) is 11.3. The Morgan fingerprint density at radius 1 is 0.974 bits per heavy atom. The maximum atomic E-state index is 12.7. The number of halogens is 2. The lowest BCUT2D eigenvalue weighted by Crippen LogP contribution is -2.20. The molecule has 0 aliphatic heterocycles. The molecule has 7 nitrogen and oxygen atoms in total. The zero-order valence-corrected chi connectivity index (χ0v) is 23.6. The van der Waals surface area contributed by atoms with Gasteiger partial charge in [-0.25, -0.2) is 0 Å². The molecule has 0 unspecified atom stereocenters. The smallest absolute Gasteiger partial charge is 0.307 e. The van der Waals surface area contributed by atoms with E-state index < -0.39 is 11.9 Å². The molecule has 0 saturated heterocycles. The molecule has 202 valence electrons. The maximum absolute atomic E-state index is 12.7. The van der Waals surface area contributed by atoms with E-state index in [1.54, 1.807) is 24.3 Å². The van der Waals surface area contributed by atoms with E-state index in [0.717, 1.165) is 27.9 Å². The van der Waals surface area contributed by atoms with E-state index in [1.807, 2.05) is 43.3 Å². The minimum absolute atomic E-state index is 0.0378. The molecule has 1 amide bonds. The highest BCUT2D eigenvalue weighted by Gasteiger charge is 2.21. The summed E-state index contributed by atoms with van der Waals surface area (Å²) in [6.07, 6.45) is -0.0378. The summed E-state index contributed by atoms with van der Waals surface area (Å²) < 4.78 is 5.77. The molecule has 0 radical (unpaired) electrons. The van der Waals surface area contributed by atoms with Gasteiger partial charge in [0.2, 0.25) is 5.88 Å². The van der Waals surface area contributed by atoms with Gasteiger partial charge in [-0.2, -0.15) is 0 Å².